The van der Waals surface area contributed by atoms with Crippen LogP contribution >= 0.6 is 11.8 Å². The monoisotopic (exact) mass is 402 g/mol. The van der Waals surface area contributed by atoms with Gasteiger partial charge in [-0.3, -0.25) is 10.1 Å². The summed E-state index contributed by atoms with van der Waals surface area (Å²) >= 11 is 1.49. The van der Waals surface area contributed by atoms with E-state index in [1.807, 2.05) is 36.4 Å². The summed E-state index contributed by atoms with van der Waals surface area (Å²) in [5, 5.41) is 11.4. The lowest BCUT2D eigenvalue weighted by Gasteiger charge is -2.32. The van der Waals surface area contributed by atoms with Crippen LogP contribution in [0, 0.1) is 6.92 Å². The summed E-state index contributed by atoms with van der Waals surface area (Å²) in [4.78, 5) is 17.8. The van der Waals surface area contributed by atoms with Crippen LogP contribution < -0.4 is 15.9 Å². The number of hydrogen-bond donors (Lipinski definition) is 1. The van der Waals surface area contributed by atoms with E-state index in [1.54, 1.807) is 11.3 Å². The molecule has 1 amide bonds. The Hall–Kier alpha value is -3.32. The highest BCUT2D eigenvalue weighted by Gasteiger charge is 2.35. The Kier molecular flexibility index (Phi) is 4.44. The number of carbonyl (C=O) groups is 1. The van der Waals surface area contributed by atoms with Crippen molar-refractivity contribution in [3.63, 3.8) is 0 Å². The number of carbonyl (C=O) groups excluding carboxylic acids is 1. The third kappa shape index (κ3) is 3.34. The molecule has 2 aliphatic rings. The standard InChI is InChI=1S/C22H18N4O2S/c1-14-8-10-15(11-9-14)13-29-22-24-21(27)19-16-5-2-3-6-17(16)23-20(26(19)25-22)18-7-4-12-28-18/h2-12,20H,13H2,1H3,(H,24,25,27)/t20-/m0/s1. The molecule has 2 aliphatic heterocycles. The van der Waals surface area contributed by atoms with Crippen LogP contribution in [0.4, 0.5) is 0 Å². The molecule has 7 heteroatoms. The quantitative estimate of drug-likeness (QED) is 0.731. The molecule has 3 aromatic rings. The van der Waals surface area contributed by atoms with E-state index >= 15 is 0 Å². The molecule has 1 atom stereocenters. The van der Waals surface area contributed by atoms with Gasteiger partial charge in [0.05, 0.1) is 11.6 Å². The van der Waals surface area contributed by atoms with Gasteiger partial charge in [-0.2, -0.15) is 0 Å². The van der Waals surface area contributed by atoms with Crippen LogP contribution in [0.15, 0.2) is 81.4 Å². The van der Waals surface area contributed by atoms with Gasteiger partial charge in [0.2, 0.25) is 6.17 Å². The Balaban J connectivity index is 1.53. The summed E-state index contributed by atoms with van der Waals surface area (Å²) in [7, 11) is 0. The number of fused-ring (bicyclic) bond motifs is 2. The number of rotatable bonds is 3. The largest absolute Gasteiger partial charge is 0.465 e. The molecule has 6 nitrogen and oxygen atoms in total. The van der Waals surface area contributed by atoms with E-state index in [0.717, 1.165) is 10.6 Å². The summed E-state index contributed by atoms with van der Waals surface area (Å²) in [6.07, 6.45) is 1.09. The highest BCUT2D eigenvalue weighted by atomic mass is 32.2. The van der Waals surface area contributed by atoms with Crippen LogP contribution in [-0.2, 0) is 10.5 Å². The second kappa shape index (κ2) is 7.25. The molecule has 0 bridgehead atoms. The van der Waals surface area contributed by atoms with E-state index in [-0.39, 0.29) is 5.91 Å². The first kappa shape index (κ1) is 17.8. The number of aryl methyl sites for hydroxylation is 1. The number of para-hydroxylation sites is 1. The fraction of sp³-hybridized carbons (Fsp3) is 0.136. The summed E-state index contributed by atoms with van der Waals surface area (Å²) < 4.78 is 5.59. The van der Waals surface area contributed by atoms with Crippen molar-refractivity contribution in [1.29, 1.82) is 0 Å². The summed E-state index contributed by atoms with van der Waals surface area (Å²) in [5.74, 6) is 1.16. The molecule has 0 unspecified atom stereocenters. The van der Waals surface area contributed by atoms with E-state index < -0.39 is 6.17 Å². The van der Waals surface area contributed by atoms with Crippen molar-refractivity contribution in [2.75, 3.05) is 0 Å². The zero-order chi connectivity index (χ0) is 19.8. The van der Waals surface area contributed by atoms with Crippen molar-refractivity contribution < 1.29 is 9.21 Å². The molecule has 3 heterocycles. The van der Waals surface area contributed by atoms with Gasteiger partial charge in [-0.25, -0.2) is 10.0 Å². The van der Waals surface area contributed by atoms with Crippen molar-refractivity contribution in [3.8, 4) is 0 Å². The minimum atomic E-state index is -0.518. The first-order chi connectivity index (χ1) is 14.2. The summed E-state index contributed by atoms with van der Waals surface area (Å²) in [6, 6.07) is 19.6. The van der Waals surface area contributed by atoms with Crippen molar-refractivity contribution >= 4 is 28.5 Å². The van der Waals surface area contributed by atoms with Gasteiger partial charge in [0.1, 0.15) is 11.5 Å². The van der Waals surface area contributed by atoms with Gasteiger partial charge in [0, 0.05) is 11.0 Å². The third-order valence-electron chi connectivity index (χ3n) is 4.81. The Morgan fingerprint density at radius 3 is 2.72 bits per heavy atom. The van der Waals surface area contributed by atoms with Gasteiger partial charge in [-0.1, -0.05) is 59.8 Å². The van der Waals surface area contributed by atoms with Crippen LogP contribution in [-0.4, -0.2) is 16.1 Å². The number of amides is 1. The molecule has 29 heavy (non-hydrogen) atoms. The molecule has 0 radical (unpaired) electrons. The molecule has 2 aromatic carbocycles. The summed E-state index contributed by atoms with van der Waals surface area (Å²) in [5.41, 5.74) is 2.87. The first-order valence-corrected chi connectivity index (χ1v) is 10.3. The number of thioether (sulfide) groups is 1. The zero-order valence-electron chi connectivity index (χ0n) is 15.7. The third-order valence-corrected chi connectivity index (χ3v) is 5.74. The maximum absolute atomic E-state index is 13.0. The van der Waals surface area contributed by atoms with Crippen molar-refractivity contribution in [2.24, 2.45) is 10.1 Å². The maximum Gasteiger partial charge on any atom is 0.276 e. The molecule has 1 N–H and O–H groups in total. The Morgan fingerprint density at radius 2 is 1.93 bits per heavy atom. The first-order valence-electron chi connectivity index (χ1n) is 9.27. The fourth-order valence-electron chi connectivity index (χ4n) is 3.35. The number of furan rings is 1. The van der Waals surface area contributed by atoms with E-state index in [0.29, 0.717) is 22.4 Å². The molecular formula is C22H18N4O2S. The van der Waals surface area contributed by atoms with E-state index in [2.05, 4.69) is 36.5 Å². The van der Waals surface area contributed by atoms with Gasteiger partial charge in [-0.15, -0.1) is 5.10 Å². The Bertz CT molecular complexity index is 1220. The SMILES string of the molecule is Cc1ccc(CSC2=NN3C(=c4ccccc4=N[C@@H]3c3ccco3)C(=O)N2)cc1. The lowest BCUT2D eigenvalue weighted by Crippen LogP contribution is -2.50. The molecule has 0 spiro atoms. The van der Waals surface area contributed by atoms with Crippen LogP contribution in [0.25, 0.3) is 5.70 Å². The molecule has 0 saturated heterocycles. The molecule has 0 saturated carbocycles. The zero-order valence-corrected chi connectivity index (χ0v) is 16.5. The number of hydrogen-bond acceptors (Lipinski definition) is 6. The molecular weight excluding hydrogens is 384 g/mol. The highest BCUT2D eigenvalue weighted by Crippen LogP contribution is 2.31. The van der Waals surface area contributed by atoms with E-state index in [4.69, 9.17) is 14.5 Å². The molecule has 0 aliphatic carbocycles. The van der Waals surface area contributed by atoms with Gasteiger partial charge in [-0.05, 0) is 30.7 Å². The Morgan fingerprint density at radius 1 is 1.10 bits per heavy atom. The smallest absolute Gasteiger partial charge is 0.276 e. The average molecular weight is 402 g/mol. The van der Waals surface area contributed by atoms with Gasteiger partial charge >= 0.3 is 0 Å². The van der Waals surface area contributed by atoms with Crippen molar-refractivity contribution in [3.05, 3.63) is 94.4 Å². The minimum absolute atomic E-state index is 0.190. The molecule has 0 fully saturated rings. The van der Waals surface area contributed by atoms with Gasteiger partial charge < -0.3 is 4.42 Å². The number of nitrogens with one attached hydrogen (secondary N) is 1. The Labute approximate surface area is 171 Å². The van der Waals surface area contributed by atoms with E-state index in [9.17, 15) is 4.79 Å². The normalized spacial score (nSPS) is 17.8. The topological polar surface area (TPSA) is 70.2 Å². The highest BCUT2D eigenvalue weighted by molar-refractivity contribution is 8.13. The second-order valence-corrected chi connectivity index (χ2v) is 7.83. The lowest BCUT2D eigenvalue weighted by molar-refractivity contribution is -0.116. The average Bonchev–Trinajstić information content (AvgIpc) is 3.27. The lowest BCUT2D eigenvalue weighted by atomic mass is 10.1. The van der Waals surface area contributed by atoms with Crippen LogP contribution in [0.5, 0.6) is 0 Å². The van der Waals surface area contributed by atoms with Crippen LogP contribution in [0.1, 0.15) is 23.1 Å². The maximum atomic E-state index is 13.0. The van der Waals surface area contributed by atoms with Gasteiger partial charge in [0.15, 0.2) is 5.17 Å². The number of nitrogens with zero attached hydrogens (tertiary/aromatic N) is 3. The minimum Gasteiger partial charge on any atom is -0.465 e. The number of benzene rings is 2. The van der Waals surface area contributed by atoms with Crippen molar-refractivity contribution in [2.45, 2.75) is 18.8 Å². The van der Waals surface area contributed by atoms with Crippen LogP contribution in [0.3, 0.4) is 0 Å². The fourth-order valence-corrected chi connectivity index (χ4v) is 4.16. The number of amidine groups is 1. The predicted octanol–water partition coefficient (Wildman–Crippen LogP) is 2.66. The molecule has 144 valence electrons. The van der Waals surface area contributed by atoms with Crippen LogP contribution in [0.2, 0.25) is 0 Å². The van der Waals surface area contributed by atoms with Crippen molar-refractivity contribution in [1.82, 2.24) is 10.3 Å². The number of hydrazone groups is 1. The summed E-state index contributed by atoms with van der Waals surface area (Å²) in [6.45, 7) is 2.06. The predicted molar refractivity (Wildman–Crippen MR) is 112 cm³/mol. The van der Waals surface area contributed by atoms with Gasteiger partial charge in [0.25, 0.3) is 5.91 Å². The second-order valence-electron chi connectivity index (χ2n) is 6.86. The van der Waals surface area contributed by atoms with E-state index in [1.165, 1.54) is 22.9 Å². The molecule has 1 aromatic heterocycles. The molecule has 5 rings (SSSR count).